The Labute approximate surface area is 189 Å². The zero-order chi connectivity index (χ0) is 22.6. The number of hydrogen-bond donors (Lipinski definition) is 1. The van der Waals surface area contributed by atoms with Crippen LogP contribution in [-0.4, -0.2) is 71.6 Å². The normalized spacial score (nSPS) is 52.5. The lowest BCUT2D eigenvalue weighted by molar-refractivity contribution is -0.177. The van der Waals surface area contributed by atoms with E-state index in [2.05, 4.69) is 11.8 Å². The van der Waals surface area contributed by atoms with E-state index in [1.54, 1.807) is 7.11 Å². The second-order valence-electron chi connectivity index (χ2n) is 11.1. The van der Waals surface area contributed by atoms with E-state index in [9.17, 15) is 14.7 Å². The molecule has 6 aliphatic rings. The molecule has 1 N–H and O–H groups in total. The number of aliphatic hydroxyl groups is 1. The number of carbonyl (C=O) groups is 2. The fraction of sp³-hybridized carbons (Fsp3) is 0.840. The highest BCUT2D eigenvalue weighted by atomic mass is 16.6. The van der Waals surface area contributed by atoms with E-state index in [1.807, 2.05) is 0 Å². The van der Waals surface area contributed by atoms with Gasteiger partial charge < -0.3 is 19.3 Å². The van der Waals surface area contributed by atoms with E-state index < -0.39 is 23.6 Å². The van der Waals surface area contributed by atoms with Crippen molar-refractivity contribution in [3.8, 4) is 0 Å². The molecule has 5 fully saturated rings. The monoisotopic (exact) mass is 445 g/mol. The predicted molar refractivity (Wildman–Crippen MR) is 114 cm³/mol. The molecule has 0 aromatic heterocycles. The van der Waals surface area contributed by atoms with Crippen molar-refractivity contribution in [1.29, 1.82) is 0 Å². The van der Waals surface area contributed by atoms with Gasteiger partial charge in [0.15, 0.2) is 0 Å². The second kappa shape index (κ2) is 6.80. The van der Waals surface area contributed by atoms with Crippen molar-refractivity contribution in [1.82, 2.24) is 4.90 Å². The molecule has 1 spiro atoms. The van der Waals surface area contributed by atoms with Crippen LogP contribution >= 0.6 is 0 Å². The quantitative estimate of drug-likeness (QED) is 0.667. The van der Waals surface area contributed by atoms with Crippen LogP contribution in [-0.2, 0) is 23.8 Å². The highest BCUT2D eigenvalue weighted by molar-refractivity contribution is 5.93. The summed E-state index contributed by atoms with van der Waals surface area (Å²) in [4.78, 5) is 28.4. The van der Waals surface area contributed by atoms with Crippen LogP contribution in [0.3, 0.4) is 0 Å². The van der Waals surface area contributed by atoms with Gasteiger partial charge in [-0.15, -0.1) is 0 Å². The van der Waals surface area contributed by atoms with Crippen molar-refractivity contribution < 1.29 is 28.9 Å². The Morgan fingerprint density at radius 1 is 1.12 bits per heavy atom. The van der Waals surface area contributed by atoms with Gasteiger partial charge in [-0.1, -0.05) is 6.42 Å². The molecule has 3 aliphatic carbocycles. The summed E-state index contributed by atoms with van der Waals surface area (Å²) < 4.78 is 17.2. The van der Waals surface area contributed by atoms with Crippen molar-refractivity contribution in [3.05, 3.63) is 11.1 Å². The Bertz CT molecular complexity index is 901. The molecule has 5 bridgehead atoms. The maximum absolute atomic E-state index is 13.4. The third-order valence-electron chi connectivity index (χ3n) is 10.1. The molecule has 0 amide bonds. The zero-order valence-electron chi connectivity index (χ0n) is 19.5. The number of esters is 2. The molecule has 176 valence electrons. The molecule has 11 atom stereocenters. The summed E-state index contributed by atoms with van der Waals surface area (Å²) in [6.07, 6.45) is 5.88. The highest BCUT2D eigenvalue weighted by Crippen LogP contribution is 2.75. The van der Waals surface area contributed by atoms with E-state index in [4.69, 9.17) is 14.2 Å². The van der Waals surface area contributed by atoms with Crippen LogP contribution in [0.5, 0.6) is 0 Å². The number of methoxy groups -OCH3 is 2. The molecule has 2 saturated carbocycles. The maximum atomic E-state index is 13.4. The molecule has 11 unspecified atom stereocenters. The lowest BCUT2D eigenvalue weighted by Gasteiger charge is -2.65. The fourth-order valence-electron chi connectivity index (χ4n) is 9.65. The lowest BCUT2D eigenvalue weighted by Crippen LogP contribution is -2.73. The molecule has 3 aliphatic heterocycles. The molecule has 6 rings (SSSR count). The molecule has 0 aromatic carbocycles. The van der Waals surface area contributed by atoms with E-state index in [0.29, 0.717) is 30.0 Å². The first kappa shape index (κ1) is 21.1. The van der Waals surface area contributed by atoms with Gasteiger partial charge in [0.1, 0.15) is 6.10 Å². The third kappa shape index (κ3) is 2.23. The van der Waals surface area contributed by atoms with Crippen LogP contribution in [0, 0.1) is 23.7 Å². The number of fused-ring (bicyclic) bond motifs is 2. The Balaban J connectivity index is 1.67. The molecule has 32 heavy (non-hydrogen) atoms. The summed E-state index contributed by atoms with van der Waals surface area (Å²) in [5, 5.41) is 12.3. The maximum Gasteiger partial charge on any atom is 0.337 e. The number of rotatable bonds is 3. The van der Waals surface area contributed by atoms with Crippen LogP contribution in [0.4, 0.5) is 0 Å². The van der Waals surface area contributed by atoms with Crippen molar-refractivity contribution in [2.24, 2.45) is 23.7 Å². The Hall–Kier alpha value is -1.44. The van der Waals surface area contributed by atoms with E-state index in [-0.39, 0.29) is 29.4 Å². The Kier molecular flexibility index (Phi) is 4.49. The van der Waals surface area contributed by atoms with Crippen LogP contribution in [0.15, 0.2) is 11.1 Å². The van der Waals surface area contributed by atoms with Gasteiger partial charge in [0, 0.05) is 38.0 Å². The van der Waals surface area contributed by atoms with Gasteiger partial charge in [-0.25, -0.2) is 4.79 Å². The van der Waals surface area contributed by atoms with Crippen molar-refractivity contribution in [3.63, 3.8) is 0 Å². The molecule has 3 saturated heterocycles. The van der Waals surface area contributed by atoms with Crippen molar-refractivity contribution >= 4 is 11.9 Å². The summed E-state index contributed by atoms with van der Waals surface area (Å²) >= 11 is 0. The van der Waals surface area contributed by atoms with Crippen molar-refractivity contribution in [2.45, 2.75) is 94.2 Å². The summed E-state index contributed by atoms with van der Waals surface area (Å²) in [5.41, 5.74) is -0.131. The average molecular weight is 446 g/mol. The fourth-order valence-corrected chi connectivity index (χ4v) is 9.65. The van der Waals surface area contributed by atoms with Crippen LogP contribution in [0.25, 0.3) is 0 Å². The van der Waals surface area contributed by atoms with Gasteiger partial charge in [-0.2, -0.15) is 0 Å². The SMILES string of the molecule is COC(=O)C1=C2C3(O)CC4CC5C3CCC(C)N5C24C2CCCC(OC)C2C1OC(C)=O. The van der Waals surface area contributed by atoms with Gasteiger partial charge in [-0.05, 0) is 62.9 Å². The number of hydrogen-bond acceptors (Lipinski definition) is 7. The largest absolute Gasteiger partial charge is 0.466 e. The summed E-state index contributed by atoms with van der Waals surface area (Å²) in [6.45, 7) is 3.70. The molecule has 7 nitrogen and oxygen atoms in total. The number of carbonyl (C=O) groups excluding carboxylic acids is 2. The van der Waals surface area contributed by atoms with Crippen LogP contribution < -0.4 is 0 Å². The third-order valence-corrected chi connectivity index (χ3v) is 10.1. The molecular formula is C25H35NO6. The highest BCUT2D eigenvalue weighted by Gasteiger charge is 2.81. The first-order valence-corrected chi connectivity index (χ1v) is 12.3. The molecule has 0 radical (unpaired) electrons. The Morgan fingerprint density at radius 3 is 2.59 bits per heavy atom. The molecule has 3 heterocycles. The first-order chi connectivity index (χ1) is 15.3. The topological polar surface area (TPSA) is 85.3 Å². The lowest BCUT2D eigenvalue weighted by atomic mass is 9.53. The first-order valence-electron chi connectivity index (χ1n) is 12.3. The zero-order valence-corrected chi connectivity index (χ0v) is 19.5. The van der Waals surface area contributed by atoms with E-state index in [1.165, 1.54) is 14.0 Å². The van der Waals surface area contributed by atoms with E-state index in [0.717, 1.165) is 44.1 Å². The predicted octanol–water partition coefficient (Wildman–Crippen LogP) is 2.21. The second-order valence-corrected chi connectivity index (χ2v) is 11.1. The van der Waals surface area contributed by atoms with Gasteiger partial charge in [-0.3, -0.25) is 9.69 Å². The van der Waals surface area contributed by atoms with Gasteiger partial charge in [0.25, 0.3) is 0 Å². The summed E-state index contributed by atoms with van der Waals surface area (Å²) in [6, 6.07) is 0.755. The number of piperidine rings is 2. The number of ether oxygens (including phenoxy) is 3. The van der Waals surface area contributed by atoms with Crippen LogP contribution in [0.1, 0.15) is 58.8 Å². The van der Waals surface area contributed by atoms with Gasteiger partial charge in [0.05, 0.1) is 29.9 Å². The van der Waals surface area contributed by atoms with E-state index >= 15 is 0 Å². The van der Waals surface area contributed by atoms with Gasteiger partial charge >= 0.3 is 11.9 Å². The summed E-state index contributed by atoms with van der Waals surface area (Å²) in [5.74, 6) is -0.396. The summed E-state index contributed by atoms with van der Waals surface area (Å²) in [7, 11) is 3.10. The average Bonchev–Trinajstić information content (AvgIpc) is 3.16. The number of nitrogens with zero attached hydrogens (tertiary/aromatic N) is 1. The van der Waals surface area contributed by atoms with Crippen molar-refractivity contribution in [2.75, 3.05) is 14.2 Å². The molecular weight excluding hydrogens is 410 g/mol. The van der Waals surface area contributed by atoms with Gasteiger partial charge in [0.2, 0.25) is 0 Å². The minimum absolute atomic E-state index is 0.0996. The van der Waals surface area contributed by atoms with Crippen LogP contribution in [0.2, 0.25) is 0 Å². The minimum Gasteiger partial charge on any atom is -0.466 e. The minimum atomic E-state index is -1.02. The smallest absolute Gasteiger partial charge is 0.337 e. The molecule has 7 heteroatoms. The standard InChI is InChI=1S/C25H35NO6/c1-12-8-9-15-17-10-14-11-24(15,29)22-20(23(28)31-4)21(32-13(2)27)19-16(25(14,22)26(12)17)6-5-7-18(19)30-3/h12,14-19,21,29H,5-11H2,1-4H3. The molecule has 0 aromatic rings. The Morgan fingerprint density at radius 2 is 1.91 bits per heavy atom.